The molecule has 2 aromatic rings. The van der Waals surface area contributed by atoms with E-state index in [0.29, 0.717) is 13.1 Å². The number of aromatic nitrogens is 2. The van der Waals surface area contributed by atoms with Gasteiger partial charge in [-0.15, -0.1) is 0 Å². The topological polar surface area (TPSA) is 58.4 Å². The Morgan fingerprint density at radius 2 is 2.12 bits per heavy atom. The summed E-state index contributed by atoms with van der Waals surface area (Å²) >= 11 is 0. The molecule has 0 spiro atoms. The van der Waals surface area contributed by atoms with Crippen molar-refractivity contribution in [2.75, 3.05) is 18.0 Å². The molecule has 1 N–H and O–H groups in total. The molecular formula is C12H13N3O2. The van der Waals surface area contributed by atoms with Crippen molar-refractivity contribution < 1.29 is 9.90 Å². The van der Waals surface area contributed by atoms with Gasteiger partial charge < -0.3 is 14.6 Å². The van der Waals surface area contributed by atoms with E-state index in [1.807, 2.05) is 40.8 Å². The van der Waals surface area contributed by atoms with Crippen LogP contribution in [0.5, 0.6) is 0 Å². The molecule has 17 heavy (non-hydrogen) atoms. The van der Waals surface area contributed by atoms with Gasteiger partial charge in [-0.2, -0.15) is 0 Å². The van der Waals surface area contributed by atoms with Gasteiger partial charge in [0.1, 0.15) is 0 Å². The second-order valence-electron chi connectivity index (χ2n) is 4.40. The molecule has 3 rings (SSSR count). The number of hydrogen-bond acceptors (Lipinski definition) is 3. The number of aliphatic carboxylic acids is 1. The zero-order valence-corrected chi connectivity index (χ0v) is 9.50. The molecule has 0 bridgehead atoms. The summed E-state index contributed by atoms with van der Waals surface area (Å²) < 4.78 is 2.01. The van der Waals surface area contributed by atoms with Gasteiger partial charge in [-0.05, 0) is 12.1 Å². The van der Waals surface area contributed by atoms with Gasteiger partial charge in [0, 0.05) is 20.1 Å². The summed E-state index contributed by atoms with van der Waals surface area (Å²) in [6.07, 6.45) is 0. The van der Waals surface area contributed by atoms with Crippen LogP contribution in [0.4, 0.5) is 5.95 Å². The van der Waals surface area contributed by atoms with Crippen LogP contribution in [0.2, 0.25) is 0 Å². The molecule has 0 unspecified atom stereocenters. The van der Waals surface area contributed by atoms with E-state index in [1.165, 1.54) is 0 Å². The van der Waals surface area contributed by atoms with Crippen LogP contribution in [0.15, 0.2) is 24.3 Å². The van der Waals surface area contributed by atoms with Crippen LogP contribution < -0.4 is 4.90 Å². The van der Waals surface area contributed by atoms with E-state index in [4.69, 9.17) is 5.11 Å². The Labute approximate surface area is 98.3 Å². The average molecular weight is 231 g/mol. The summed E-state index contributed by atoms with van der Waals surface area (Å²) in [4.78, 5) is 17.3. The molecule has 0 atom stereocenters. The van der Waals surface area contributed by atoms with Crippen LogP contribution in [0.25, 0.3) is 11.0 Å². The van der Waals surface area contributed by atoms with E-state index in [9.17, 15) is 4.79 Å². The van der Waals surface area contributed by atoms with Gasteiger partial charge in [0.25, 0.3) is 0 Å². The lowest BCUT2D eigenvalue weighted by Crippen LogP contribution is -2.51. The predicted octanol–water partition coefficient (Wildman–Crippen LogP) is 1.09. The van der Waals surface area contributed by atoms with E-state index in [2.05, 4.69) is 4.98 Å². The minimum atomic E-state index is -0.722. The largest absolute Gasteiger partial charge is 0.481 e. The fourth-order valence-electron chi connectivity index (χ4n) is 2.21. The molecule has 88 valence electrons. The quantitative estimate of drug-likeness (QED) is 0.840. The number of aryl methyl sites for hydroxylation is 1. The lowest BCUT2D eigenvalue weighted by molar-refractivity contribution is -0.142. The van der Waals surface area contributed by atoms with Crippen molar-refractivity contribution in [3.8, 4) is 0 Å². The third-order valence-corrected chi connectivity index (χ3v) is 3.28. The molecule has 1 fully saturated rings. The summed E-state index contributed by atoms with van der Waals surface area (Å²) in [7, 11) is 1.96. The van der Waals surface area contributed by atoms with Crippen LogP contribution in [-0.4, -0.2) is 33.7 Å². The van der Waals surface area contributed by atoms with E-state index in [-0.39, 0.29) is 5.92 Å². The van der Waals surface area contributed by atoms with Crippen molar-refractivity contribution >= 4 is 23.0 Å². The van der Waals surface area contributed by atoms with Crippen LogP contribution >= 0.6 is 0 Å². The molecule has 1 aliphatic heterocycles. The first kappa shape index (κ1) is 10.1. The van der Waals surface area contributed by atoms with Gasteiger partial charge in [0.15, 0.2) is 0 Å². The van der Waals surface area contributed by atoms with Gasteiger partial charge in [-0.25, -0.2) is 4.98 Å². The van der Waals surface area contributed by atoms with Gasteiger partial charge in [-0.1, -0.05) is 12.1 Å². The Bertz CT molecular complexity index is 584. The number of nitrogens with zero attached hydrogens (tertiary/aromatic N) is 3. The zero-order valence-electron chi connectivity index (χ0n) is 9.50. The van der Waals surface area contributed by atoms with Gasteiger partial charge in [0.2, 0.25) is 5.95 Å². The number of rotatable bonds is 2. The lowest BCUT2D eigenvalue weighted by Gasteiger charge is -2.37. The molecule has 1 aliphatic rings. The minimum absolute atomic E-state index is 0.255. The first-order valence-electron chi connectivity index (χ1n) is 5.56. The number of para-hydroxylation sites is 2. The van der Waals surface area contributed by atoms with Crippen molar-refractivity contribution in [3.63, 3.8) is 0 Å². The van der Waals surface area contributed by atoms with Gasteiger partial charge in [-0.3, -0.25) is 4.79 Å². The fourth-order valence-corrected chi connectivity index (χ4v) is 2.21. The van der Waals surface area contributed by atoms with E-state index in [1.54, 1.807) is 0 Å². The van der Waals surface area contributed by atoms with Crippen LogP contribution in [0.3, 0.4) is 0 Å². The molecule has 1 aromatic carbocycles. The third kappa shape index (κ3) is 1.46. The number of fused-ring (bicyclic) bond motifs is 1. The number of carboxylic acids is 1. The monoisotopic (exact) mass is 231 g/mol. The van der Waals surface area contributed by atoms with Crippen molar-refractivity contribution in [2.24, 2.45) is 13.0 Å². The Balaban J connectivity index is 1.92. The molecule has 5 heteroatoms. The Morgan fingerprint density at radius 3 is 2.76 bits per heavy atom. The Hall–Kier alpha value is -2.04. The normalized spacial score (nSPS) is 16.2. The number of anilines is 1. The average Bonchev–Trinajstić information content (AvgIpc) is 2.55. The van der Waals surface area contributed by atoms with Crippen molar-refractivity contribution in [3.05, 3.63) is 24.3 Å². The van der Waals surface area contributed by atoms with Gasteiger partial charge in [0.05, 0.1) is 17.0 Å². The summed E-state index contributed by atoms with van der Waals surface area (Å²) in [5.41, 5.74) is 2.02. The fraction of sp³-hybridized carbons (Fsp3) is 0.333. The summed E-state index contributed by atoms with van der Waals surface area (Å²) in [6, 6.07) is 7.91. The SMILES string of the molecule is Cn1c(N2CC(C(=O)O)C2)nc2ccccc21. The smallest absolute Gasteiger partial charge is 0.310 e. The number of benzene rings is 1. The highest BCUT2D eigenvalue weighted by Gasteiger charge is 2.34. The van der Waals surface area contributed by atoms with Crippen molar-refractivity contribution in [1.82, 2.24) is 9.55 Å². The summed E-state index contributed by atoms with van der Waals surface area (Å²) in [5.74, 6) is -0.126. The van der Waals surface area contributed by atoms with E-state index < -0.39 is 5.97 Å². The standard InChI is InChI=1S/C12H13N3O2/c1-14-10-5-3-2-4-9(10)13-12(14)15-6-8(7-15)11(16)17/h2-5,8H,6-7H2,1H3,(H,16,17). The highest BCUT2D eigenvalue weighted by Crippen LogP contribution is 2.26. The number of carbonyl (C=O) groups is 1. The van der Waals surface area contributed by atoms with Crippen LogP contribution in [0.1, 0.15) is 0 Å². The van der Waals surface area contributed by atoms with E-state index in [0.717, 1.165) is 17.0 Å². The maximum Gasteiger partial charge on any atom is 0.310 e. The molecule has 1 aromatic heterocycles. The van der Waals surface area contributed by atoms with Gasteiger partial charge >= 0.3 is 5.97 Å². The Kier molecular flexibility index (Phi) is 2.07. The van der Waals surface area contributed by atoms with Crippen molar-refractivity contribution in [1.29, 1.82) is 0 Å². The molecule has 0 radical (unpaired) electrons. The summed E-state index contributed by atoms with van der Waals surface area (Å²) in [6.45, 7) is 1.10. The number of hydrogen-bond donors (Lipinski definition) is 1. The molecule has 0 amide bonds. The predicted molar refractivity (Wildman–Crippen MR) is 64.1 cm³/mol. The molecule has 0 aliphatic carbocycles. The zero-order chi connectivity index (χ0) is 12.0. The lowest BCUT2D eigenvalue weighted by atomic mass is 10.0. The summed E-state index contributed by atoms with van der Waals surface area (Å²) in [5, 5.41) is 8.85. The van der Waals surface area contributed by atoms with Crippen LogP contribution in [-0.2, 0) is 11.8 Å². The van der Waals surface area contributed by atoms with Crippen molar-refractivity contribution in [2.45, 2.75) is 0 Å². The third-order valence-electron chi connectivity index (χ3n) is 3.28. The molecule has 1 saturated heterocycles. The minimum Gasteiger partial charge on any atom is -0.481 e. The molecule has 5 nitrogen and oxygen atoms in total. The molecule has 0 saturated carbocycles. The Morgan fingerprint density at radius 1 is 1.41 bits per heavy atom. The molecule has 2 heterocycles. The highest BCUT2D eigenvalue weighted by molar-refractivity contribution is 5.80. The maximum atomic E-state index is 10.8. The second-order valence-corrected chi connectivity index (χ2v) is 4.40. The first-order chi connectivity index (χ1) is 8.16. The number of carboxylic acid groups (broad SMARTS) is 1. The van der Waals surface area contributed by atoms with E-state index >= 15 is 0 Å². The second kappa shape index (κ2) is 3.48. The van der Waals surface area contributed by atoms with Crippen LogP contribution in [0, 0.1) is 5.92 Å². The first-order valence-corrected chi connectivity index (χ1v) is 5.56. The highest BCUT2D eigenvalue weighted by atomic mass is 16.4. The maximum absolute atomic E-state index is 10.8. The molecular weight excluding hydrogens is 218 g/mol. The number of imidazole rings is 1.